The van der Waals surface area contributed by atoms with E-state index in [4.69, 9.17) is 22.6 Å². The van der Waals surface area contributed by atoms with Gasteiger partial charge in [0.2, 0.25) is 5.91 Å². The summed E-state index contributed by atoms with van der Waals surface area (Å²) in [6.45, 7) is -0.376. The monoisotopic (exact) mass is 138 g/mol. The number of halogens is 1. The summed E-state index contributed by atoms with van der Waals surface area (Å²) < 4.78 is 0. The molecule has 0 fully saturated rings. The van der Waals surface area contributed by atoms with E-state index in [9.17, 15) is 4.79 Å². The Morgan fingerprint density at radius 3 is 2.50 bits per heavy atom. The zero-order valence-electron chi connectivity index (χ0n) is 4.10. The van der Waals surface area contributed by atoms with Gasteiger partial charge in [-0.3, -0.25) is 4.79 Å². The SMILES string of the molecule is NC(=O)[C@H](CO)NCl. The summed E-state index contributed by atoms with van der Waals surface area (Å²) in [5, 5.41) is 8.25. The van der Waals surface area contributed by atoms with Crippen molar-refractivity contribution in [3.63, 3.8) is 0 Å². The van der Waals surface area contributed by atoms with E-state index in [2.05, 4.69) is 0 Å². The Bertz CT molecular complexity index is 83.4. The number of amides is 1. The summed E-state index contributed by atoms with van der Waals surface area (Å²) >= 11 is 4.95. The zero-order valence-corrected chi connectivity index (χ0v) is 4.85. The maximum atomic E-state index is 10.1. The van der Waals surface area contributed by atoms with Gasteiger partial charge in [-0.15, -0.1) is 0 Å². The Morgan fingerprint density at radius 2 is 2.50 bits per heavy atom. The molecule has 1 amide bonds. The Morgan fingerprint density at radius 1 is 2.00 bits per heavy atom. The highest BCUT2D eigenvalue weighted by Gasteiger charge is 2.10. The predicted molar refractivity (Wildman–Crippen MR) is 29.1 cm³/mol. The summed E-state index contributed by atoms with van der Waals surface area (Å²) in [6.07, 6.45) is 0. The van der Waals surface area contributed by atoms with Crippen LogP contribution < -0.4 is 10.6 Å². The maximum Gasteiger partial charge on any atom is 0.238 e. The summed E-state index contributed by atoms with van der Waals surface area (Å²) in [6, 6.07) is -0.836. The first-order valence-electron chi connectivity index (χ1n) is 1.98. The highest BCUT2D eigenvalue weighted by atomic mass is 35.5. The van der Waals surface area contributed by atoms with Gasteiger partial charge < -0.3 is 10.8 Å². The first kappa shape index (κ1) is 7.68. The van der Waals surface area contributed by atoms with Crippen LogP contribution >= 0.6 is 11.8 Å². The molecule has 0 spiro atoms. The van der Waals surface area contributed by atoms with E-state index in [0.29, 0.717) is 0 Å². The minimum absolute atomic E-state index is 0.376. The van der Waals surface area contributed by atoms with Crippen molar-refractivity contribution >= 4 is 17.7 Å². The molecule has 0 rings (SSSR count). The molecule has 0 bridgehead atoms. The fourth-order valence-electron chi connectivity index (χ4n) is 0.178. The maximum absolute atomic E-state index is 10.1. The lowest BCUT2D eigenvalue weighted by Crippen LogP contribution is -2.39. The second-order valence-electron chi connectivity index (χ2n) is 1.25. The Kier molecular flexibility index (Phi) is 3.51. The normalized spacial score (nSPS) is 13.2. The number of nitrogens with one attached hydrogen (secondary N) is 1. The van der Waals surface area contributed by atoms with Crippen molar-refractivity contribution in [3.05, 3.63) is 0 Å². The van der Waals surface area contributed by atoms with E-state index in [0.717, 1.165) is 0 Å². The number of primary amides is 1. The van der Waals surface area contributed by atoms with Crippen LogP contribution in [0.4, 0.5) is 0 Å². The summed E-state index contributed by atoms with van der Waals surface area (Å²) in [7, 11) is 0. The number of aliphatic hydroxyl groups is 1. The average molecular weight is 139 g/mol. The van der Waals surface area contributed by atoms with Gasteiger partial charge in [0.25, 0.3) is 0 Å². The lowest BCUT2D eigenvalue weighted by molar-refractivity contribution is -0.120. The Hall–Kier alpha value is -0.320. The summed E-state index contributed by atoms with van der Waals surface area (Å²) in [5.74, 6) is -0.664. The van der Waals surface area contributed by atoms with E-state index in [-0.39, 0.29) is 6.61 Å². The molecule has 0 saturated heterocycles. The zero-order chi connectivity index (χ0) is 6.57. The fraction of sp³-hybridized carbons (Fsp3) is 0.667. The quantitative estimate of drug-likeness (QED) is 0.419. The molecule has 0 aromatic rings. The molecule has 0 aliphatic carbocycles. The van der Waals surface area contributed by atoms with Gasteiger partial charge in [-0.05, 0) is 11.8 Å². The van der Waals surface area contributed by atoms with Crippen molar-refractivity contribution in [1.29, 1.82) is 0 Å². The molecule has 5 heteroatoms. The van der Waals surface area contributed by atoms with Crippen LogP contribution in [0.5, 0.6) is 0 Å². The van der Waals surface area contributed by atoms with E-state index >= 15 is 0 Å². The van der Waals surface area contributed by atoms with Crippen LogP contribution in [0.15, 0.2) is 0 Å². The number of hydrogen-bond donors (Lipinski definition) is 3. The molecule has 0 saturated carbocycles. The summed E-state index contributed by atoms with van der Waals surface area (Å²) in [4.78, 5) is 12.1. The van der Waals surface area contributed by atoms with Crippen molar-refractivity contribution in [2.24, 2.45) is 5.73 Å². The molecular formula is C3H7ClN2O2. The molecule has 0 aromatic carbocycles. The number of carbonyl (C=O) groups is 1. The predicted octanol–water partition coefficient (Wildman–Crippen LogP) is -1.42. The Labute approximate surface area is 51.7 Å². The smallest absolute Gasteiger partial charge is 0.238 e. The van der Waals surface area contributed by atoms with Crippen LogP contribution in [0.25, 0.3) is 0 Å². The standard InChI is InChI=1S/C3H7ClN2O2/c4-6-2(1-7)3(5)8/h2,6-7H,1H2,(H2,5,8)/t2-/m0/s1. The number of nitrogens with two attached hydrogens (primary N) is 1. The molecule has 0 heterocycles. The number of aliphatic hydroxyl groups excluding tert-OH is 1. The van der Waals surface area contributed by atoms with Gasteiger partial charge in [-0.25, -0.2) is 4.84 Å². The largest absolute Gasteiger partial charge is 0.394 e. The van der Waals surface area contributed by atoms with Crippen molar-refractivity contribution < 1.29 is 9.90 Å². The van der Waals surface area contributed by atoms with Gasteiger partial charge in [0, 0.05) is 0 Å². The number of hydrogen-bond acceptors (Lipinski definition) is 3. The van der Waals surface area contributed by atoms with Gasteiger partial charge in [-0.2, -0.15) is 0 Å². The fourth-order valence-corrected chi connectivity index (χ4v) is 0.355. The lowest BCUT2D eigenvalue weighted by Gasteiger charge is -2.03. The molecule has 0 aliphatic rings. The third-order valence-electron chi connectivity index (χ3n) is 0.658. The third-order valence-corrected chi connectivity index (χ3v) is 0.921. The second kappa shape index (κ2) is 3.65. The molecular weight excluding hydrogens is 131 g/mol. The minimum Gasteiger partial charge on any atom is -0.394 e. The second-order valence-corrected chi connectivity index (χ2v) is 1.46. The van der Waals surface area contributed by atoms with Crippen LogP contribution in [0.1, 0.15) is 0 Å². The highest BCUT2D eigenvalue weighted by Crippen LogP contribution is 1.79. The number of rotatable bonds is 3. The molecule has 0 aromatic heterocycles. The van der Waals surface area contributed by atoms with Crippen LogP contribution in [0.3, 0.4) is 0 Å². The van der Waals surface area contributed by atoms with Crippen molar-refractivity contribution in [3.8, 4) is 0 Å². The van der Waals surface area contributed by atoms with Crippen LogP contribution in [-0.4, -0.2) is 23.7 Å². The molecule has 48 valence electrons. The van der Waals surface area contributed by atoms with Gasteiger partial charge in [0.15, 0.2) is 0 Å². The van der Waals surface area contributed by atoms with Gasteiger partial charge in [-0.1, -0.05) is 0 Å². The molecule has 0 radical (unpaired) electrons. The van der Waals surface area contributed by atoms with Crippen LogP contribution in [-0.2, 0) is 4.79 Å². The van der Waals surface area contributed by atoms with Crippen LogP contribution in [0.2, 0.25) is 0 Å². The number of carbonyl (C=O) groups excluding carboxylic acids is 1. The van der Waals surface area contributed by atoms with Gasteiger partial charge >= 0.3 is 0 Å². The van der Waals surface area contributed by atoms with E-state index < -0.39 is 11.9 Å². The van der Waals surface area contributed by atoms with Crippen LogP contribution in [0, 0.1) is 0 Å². The summed E-state index contributed by atoms with van der Waals surface area (Å²) in [5.41, 5.74) is 4.71. The Balaban J connectivity index is 3.52. The van der Waals surface area contributed by atoms with Gasteiger partial charge in [0.1, 0.15) is 6.04 Å². The molecule has 4 nitrogen and oxygen atoms in total. The third kappa shape index (κ3) is 2.11. The molecule has 0 aliphatic heterocycles. The molecule has 1 atom stereocenters. The van der Waals surface area contributed by atoms with Crippen molar-refractivity contribution in [1.82, 2.24) is 4.84 Å². The van der Waals surface area contributed by atoms with Crippen molar-refractivity contribution in [2.75, 3.05) is 6.61 Å². The minimum atomic E-state index is -0.836. The van der Waals surface area contributed by atoms with E-state index in [1.165, 1.54) is 0 Å². The molecule has 0 unspecified atom stereocenters. The first-order valence-corrected chi connectivity index (χ1v) is 2.36. The first-order chi connectivity index (χ1) is 3.72. The topological polar surface area (TPSA) is 75.4 Å². The van der Waals surface area contributed by atoms with E-state index in [1.54, 1.807) is 0 Å². The van der Waals surface area contributed by atoms with E-state index in [1.807, 2.05) is 4.84 Å². The lowest BCUT2D eigenvalue weighted by atomic mass is 10.3. The molecule has 8 heavy (non-hydrogen) atoms. The highest BCUT2D eigenvalue weighted by molar-refractivity contribution is 6.15. The average Bonchev–Trinajstić information content (AvgIpc) is 1.69. The van der Waals surface area contributed by atoms with Gasteiger partial charge in [0.05, 0.1) is 6.61 Å². The molecule has 4 N–H and O–H groups in total. The van der Waals surface area contributed by atoms with Crippen molar-refractivity contribution in [2.45, 2.75) is 6.04 Å².